The molecule has 0 fully saturated rings. The number of hydrogen-bond acceptors (Lipinski definition) is 4. The normalized spacial score (nSPS) is 12.7. The monoisotopic (exact) mass is 607 g/mol. The third kappa shape index (κ3) is 6.04. The van der Waals surface area contributed by atoms with Gasteiger partial charge in [-0.05, 0) is 98.2 Å². The van der Waals surface area contributed by atoms with Gasteiger partial charge in [-0.1, -0.05) is 25.3 Å². The Morgan fingerprint density at radius 3 is 1.49 bits per heavy atom. The molecule has 0 aromatic carbocycles. The summed E-state index contributed by atoms with van der Waals surface area (Å²) in [6, 6.07) is 7.88. The standard InChI is InChI=1S/C34H34N4O4.Sc/c1-7-21-17(3)25-13-26-19(5)23(9-11-33(39)40)31(37-26)16-32-24(10-12-34(41)42)20(6)28(38-32)15-30-22(8-2)18(4)27(36-30)14-29(21)35-25;/h7-8,13-16,35-36H,1-2,9-12H2,3-6H3,(H,39,40)(H,41,42);/q;+3. The molecule has 5 heterocycles. The van der Waals surface area contributed by atoms with Crippen molar-refractivity contribution in [3.05, 3.63) is 82.5 Å². The molecule has 5 rings (SSSR count). The fourth-order valence-corrected chi connectivity index (χ4v) is 5.77. The summed E-state index contributed by atoms with van der Waals surface area (Å²) in [5.74, 6) is -1.78. The molecule has 214 valence electrons. The third-order valence-corrected chi connectivity index (χ3v) is 8.22. The van der Waals surface area contributed by atoms with Crippen LogP contribution >= 0.6 is 0 Å². The van der Waals surface area contributed by atoms with Gasteiger partial charge in [0.05, 0.1) is 22.8 Å². The summed E-state index contributed by atoms with van der Waals surface area (Å²) in [6.45, 7) is 16.1. The molecule has 0 aliphatic carbocycles. The van der Waals surface area contributed by atoms with Crippen molar-refractivity contribution in [3.8, 4) is 0 Å². The number of allylic oxidation sites excluding steroid dienone is 4. The summed E-state index contributed by atoms with van der Waals surface area (Å²) < 4.78 is 0. The number of carboxylic acids is 2. The average molecular weight is 608 g/mol. The maximum absolute atomic E-state index is 11.5. The van der Waals surface area contributed by atoms with E-state index in [1.807, 2.05) is 58.0 Å². The Bertz CT molecular complexity index is 1920. The zero-order chi connectivity index (χ0) is 30.3. The molecule has 0 saturated heterocycles. The largest absolute Gasteiger partial charge is 3.00 e. The SMILES string of the molecule is C=Cc1c(C)c2cc3[nH]c(cc4nc(cc5nc(cc1[nH]2)C(C)=C5CCC(=O)O)C(CCC(=O)O)=C4C)c(C)c3C=C.[Sc+3]. The Labute approximate surface area is 268 Å². The van der Waals surface area contributed by atoms with E-state index in [2.05, 4.69) is 29.2 Å². The van der Waals surface area contributed by atoms with Crippen LogP contribution in [0.5, 0.6) is 0 Å². The summed E-state index contributed by atoms with van der Waals surface area (Å²) in [6.07, 6.45) is 4.20. The fourth-order valence-electron chi connectivity index (χ4n) is 5.77. The van der Waals surface area contributed by atoms with Crippen LogP contribution in [0.25, 0.3) is 56.5 Å². The Morgan fingerprint density at radius 1 is 0.674 bits per heavy atom. The third-order valence-electron chi connectivity index (χ3n) is 8.22. The van der Waals surface area contributed by atoms with Crippen LogP contribution in [-0.4, -0.2) is 42.1 Å². The van der Waals surface area contributed by atoms with Crippen molar-refractivity contribution < 1.29 is 45.6 Å². The smallest absolute Gasteiger partial charge is 0.481 e. The van der Waals surface area contributed by atoms with E-state index in [9.17, 15) is 19.8 Å². The number of carbonyl (C=O) groups is 2. The van der Waals surface area contributed by atoms with Gasteiger partial charge in [-0.15, -0.1) is 0 Å². The molecular weight excluding hydrogens is 573 g/mol. The Hall–Kier alpha value is -4.11. The van der Waals surface area contributed by atoms with Gasteiger partial charge < -0.3 is 20.2 Å². The van der Waals surface area contributed by atoms with Crippen LogP contribution in [-0.2, 0) is 35.4 Å². The summed E-state index contributed by atoms with van der Waals surface area (Å²) in [5, 5.41) is 18.9. The Balaban J connectivity index is 0.00000423. The number of hydrogen-bond donors (Lipinski definition) is 4. The number of H-pyrrole nitrogens is 2. The minimum atomic E-state index is -0.889. The topological polar surface area (TPSA) is 132 Å². The summed E-state index contributed by atoms with van der Waals surface area (Å²) >= 11 is 0. The Morgan fingerprint density at radius 2 is 1.07 bits per heavy atom. The van der Waals surface area contributed by atoms with E-state index in [1.54, 1.807) is 0 Å². The number of nitrogens with one attached hydrogen (secondary N) is 2. The zero-order valence-electron chi connectivity index (χ0n) is 24.9. The van der Waals surface area contributed by atoms with Crippen molar-refractivity contribution in [1.29, 1.82) is 0 Å². The molecule has 0 saturated carbocycles. The first kappa shape index (κ1) is 31.8. The molecular formula is C34H34N4O4Sc+3. The first-order valence-corrected chi connectivity index (χ1v) is 13.9. The van der Waals surface area contributed by atoms with Gasteiger partial charge >= 0.3 is 37.8 Å². The van der Waals surface area contributed by atoms with Crippen LogP contribution in [0.15, 0.2) is 37.4 Å². The number of aryl methyl sites for hydroxylation is 2. The molecule has 3 aromatic heterocycles. The van der Waals surface area contributed by atoms with Gasteiger partial charge in [0.2, 0.25) is 0 Å². The molecule has 0 amide bonds. The van der Waals surface area contributed by atoms with Gasteiger partial charge in [0.1, 0.15) is 0 Å². The maximum Gasteiger partial charge on any atom is 3.00 e. The van der Waals surface area contributed by atoms with E-state index in [1.165, 1.54) is 0 Å². The fraction of sp³-hybridized carbons (Fsp3) is 0.235. The summed E-state index contributed by atoms with van der Waals surface area (Å²) in [7, 11) is 0. The molecule has 8 nitrogen and oxygen atoms in total. The summed E-state index contributed by atoms with van der Waals surface area (Å²) in [5.41, 5.74) is 13.7. The van der Waals surface area contributed by atoms with E-state index >= 15 is 0 Å². The molecule has 2 aliphatic heterocycles. The van der Waals surface area contributed by atoms with Gasteiger partial charge in [-0.25, -0.2) is 9.97 Å². The predicted octanol–water partition coefficient (Wildman–Crippen LogP) is 7.81. The van der Waals surface area contributed by atoms with Crippen molar-refractivity contribution in [2.24, 2.45) is 0 Å². The molecule has 2 aliphatic rings. The van der Waals surface area contributed by atoms with E-state index in [0.717, 1.165) is 78.0 Å². The number of nitrogens with zero attached hydrogens (tertiary/aromatic N) is 2. The molecule has 0 unspecified atom stereocenters. The quantitative estimate of drug-likeness (QED) is 0.207. The number of rotatable bonds is 8. The molecule has 8 bridgehead atoms. The van der Waals surface area contributed by atoms with Crippen LogP contribution in [0.2, 0.25) is 0 Å². The molecule has 9 heteroatoms. The number of carboxylic acid groups (broad SMARTS) is 2. The van der Waals surface area contributed by atoms with Gasteiger partial charge in [0.15, 0.2) is 0 Å². The van der Waals surface area contributed by atoms with Crippen molar-refractivity contribution in [2.45, 2.75) is 53.4 Å². The number of aromatic nitrogens is 4. The van der Waals surface area contributed by atoms with Crippen molar-refractivity contribution in [1.82, 2.24) is 19.9 Å². The zero-order valence-corrected chi connectivity index (χ0v) is 26.7. The maximum atomic E-state index is 11.5. The first-order valence-electron chi connectivity index (χ1n) is 13.9. The minimum Gasteiger partial charge on any atom is -0.481 e. The van der Waals surface area contributed by atoms with Crippen molar-refractivity contribution in [2.75, 3.05) is 0 Å². The second-order valence-corrected chi connectivity index (χ2v) is 10.7. The molecule has 43 heavy (non-hydrogen) atoms. The van der Waals surface area contributed by atoms with E-state index in [0.29, 0.717) is 24.2 Å². The van der Waals surface area contributed by atoms with Crippen LogP contribution in [0.4, 0.5) is 0 Å². The second-order valence-electron chi connectivity index (χ2n) is 10.7. The number of aliphatic carboxylic acids is 2. The minimum absolute atomic E-state index is 0. The van der Waals surface area contributed by atoms with Gasteiger partial charge in [0.25, 0.3) is 0 Å². The molecule has 4 N–H and O–H groups in total. The summed E-state index contributed by atoms with van der Waals surface area (Å²) in [4.78, 5) is 40.0. The van der Waals surface area contributed by atoms with Gasteiger partial charge in [-0.2, -0.15) is 0 Å². The number of aromatic amines is 2. The average Bonchev–Trinajstić information content (AvgIpc) is 3.59. The first-order chi connectivity index (χ1) is 20.0. The Kier molecular flexibility index (Phi) is 9.35. The molecule has 3 aromatic rings. The predicted molar refractivity (Wildman–Crippen MR) is 169 cm³/mol. The molecule has 0 spiro atoms. The van der Waals surface area contributed by atoms with E-state index < -0.39 is 11.9 Å². The van der Waals surface area contributed by atoms with Crippen LogP contribution in [0.3, 0.4) is 0 Å². The number of fused-ring (bicyclic) bond motifs is 8. The van der Waals surface area contributed by atoms with Gasteiger partial charge in [0, 0.05) is 46.0 Å². The van der Waals surface area contributed by atoms with Crippen molar-refractivity contribution in [3.63, 3.8) is 0 Å². The van der Waals surface area contributed by atoms with Gasteiger partial charge in [-0.3, -0.25) is 9.59 Å². The van der Waals surface area contributed by atoms with Crippen LogP contribution in [0, 0.1) is 13.8 Å². The van der Waals surface area contributed by atoms with E-state index in [-0.39, 0.29) is 38.7 Å². The molecule has 0 radical (unpaired) electrons. The molecule has 0 atom stereocenters. The van der Waals surface area contributed by atoms with Crippen molar-refractivity contribution >= 4 is 68.4 Å². The second kappa shape index (κ2) is 12.6. The van der Waals surface area contributed by atoms with E-state index in [4.69, 9.17) is 9.97 Å². The van der Waals surface area contributed by atoms with Crippen LogP contribution < -0.4 is 0 Å². The van der Waals surface area contributed by atoms with Crippen LogP contribution in [0.1, 0.15) is 84.6 Å².